The average Bonchev–Trinajstić information content (AvgIpc) is 3.01. The molecule has 1 aliphatic rings. The minimum atomic E-state index is -0.216. The number of aryl methyl sites for hydroxylation is 1. The molecule has 2 aromatic rings. The van der Waals surface area contributed by atoms with E-state index in [-0.39, 0.29) is 11.7 Å². The van der Waals surface area contributed by atoms with Gasteiger partial charge in [0.2, 0.25) is 0 Å². The van der Waals surface area contributed by atoms with Crippen molar-refractivity contribution in [3.63, 3.8) is 0 Å². The Morgan fingerprint density at radius 3 is 3.05 bits per heavy atom. The van der Waals surface area contributed by atoms with Crippen molar-refractivity contribution >= 4 is 28.2 Å². The fraction of sp³-hybridized carbons (Fsp3) is 0.417. The van der Waals surface area contributed by atoms with Crippen molar-refractivity contribution in [2.45, 2.75) is 25.4 Å². The van der Waals surface area contributed by atoms with Crippen molar-refractivity contribution in [1.29, 1.82) is 0 Å². The van der Waals surface area contributed by atoms with Gasteiger partial charge < -0.3 is 20.9 Å². The molecule has 8 heteroatoms. The zero-order valence-corrected chi connectivity index (χ0v) is 11.9. The third kappa shape index (κ3) is 2.74. The van der Waals surface area contributed by atoms with Gasteiger partial charge in [0, 0.05) is 25.5 Å². The Bertz CT molecular complexity index is 630. The molecule has 1 saturated carbocycles. The molecule has 0 spiro atoms. The summed E-state index contributed by atoms with van der Waals surface area (Å²) in [6.07, 6.45) is 5.83. The summed E-state index contributed by atoms with van der Waals surface area (Å²) in [6, 6.07) is 0.490. The predicted molar refractivity (Wildman–Crippen MR) is 77.5 cm³/mol. The lowest BCUT2D eigenvalue weighted by atomic mass is 10.4. The molecule has 4 N–H and O–H groups in total. The fourth-order valence-electron chi connectivity index (χ4n) is 1.77. The van der Waals surface area contributed by atoms with Gasteiger partial charge in [0.1, 0.15) is 16.5 Å². The van der Waals surface area contributed by atoms with Gasteiger partial charge in [0.25, 0.3) is 5.91 Å². The van der Waals surface area contributed by atoms with E-state index in [1.165, 1.54) is 11.3 Å². The van der Waals surface area contributed by atoms with Crippen molar-refractivity contribution in [1.82, 2.24) is 19.9 Å². The van der Waals surface area contributed by atoms with Crippen LogP contribution in [0.5, 0.6) is 0 Å². The summed E-state index contributed by atoms with van der Waals surface area (Å²) in [7, 11) is 1.88. The Hall–Kier alpha value is -2.09. The minimum absolute atomic E-state index is 0.216. The van der Waals surface area contributed by atoms with Gasteiger partial charge in [-0.2, -0.15) is 0 Å². The standard InChI is InChI=1S/C12H16N6OS/c1-18-5-4-14-8(18)6-15-11(19)9-10(13)17-12(20-9)16-7-2-3-7/h4-5,7H,2-3,6,13H2,1H3,(H,15,19)(H,16,17). The molecule has 0 atom stereocenters. The quantitative estimate of drug-likeness (QED) is 0.762. The zero-order valence-electron chi connectivity index (χ0n) is 11.1. The van der Waals surface area contributed by atoms with Crippen LogP contribution in [-0.2, 0) is 13.6 Å². The van der Waals surface area contributed by atoms with Crippen molar-refractivity contribution in [3.8, 4) is 0 Å². The molecule has 0 radical (unpaired) electrons. The number of thiazole rings is 1. The van der Waals surface area contributed by atoms with E-state index in [0.717, 1.165) is 18.7 Å². The van der Waals surface area contributed by atoms with Crippen LogP contribution in [0.15, 0.2) is 12.4 Å². The van der Waals surface area contributed by atoms with E-state index in [4.69, 9.17) is 5.73 Å². The molecule has 2 heterocycles. The molecular formula is C12H16N6OS. The summed E-state index contributed by atoms with van der Waals surface area (Å²) in [6.45, 7) is 0.366. The van der Waals surface area contributed by atoms with Crippen LogP contribution in [0.4, 0.5) is 10.9 Å². The Kier molecular flexibility index (Phi) is 3.31. The van der Waals surface area contributed by atoms with E-state index in [2.05, 4.69) is 20.6 Å². The second kappa shape index (κ2) is 5.12. The number of nitrogens with one attached hydrogen (secondary N) is 2. The molecular weight excluding hydrogens is 276 g/mol. The Balaban J connectivity index is 1.64. The van der Waals surface area contributed by atoms with Gasteiger partial charge in [0.05, 0.1) is 6.54 Å². The van der Waals surface area contributed by atoms with Crippen molar-refractivity contribution < 1.29 is 4.79 Å². The molecule has 1 fully saturated rings. The molecule has 7 nitrogen and oxygen atoms in total. The van der Waals surface area contributed by atoms with Crippen LogP contribution < -0.4 is 16.4 Å². The maximum absolute atomic E-state index is 12.1. The van der Waals surface area contributed by atoms with E-state index in [1.807, 2.05) is 17.8 Å². The number of imidazole rings is 1. The van der Waals surface area contributed by atoms with E-state index in [0.29, 0.717) is 22.6 Å². The Morgan fingerprint density at radius 2 is 2.40 bits per heavy atom. The highest BCUT2D eigenvalue weighted by atomic mass is 32.1. The average molecular weight is 292 g/mol. The lowest BCUT2D eigenvalue weighted by molar-refractivity contribution is 0.0954. The highest BCUT2D eigenvalue weighted by Crippen LogP contribution is 2.30. The summed E-state index contributed by atoms with van der Waals surface area (Å²) in [5.41, 5.74) is 5.79. The summed E-state index contributed by atoms with van der Waals surface area (Å²) in [5, 5.41) is 6.76. The summed E-state index contributed by atoms with van der Waals surface area (Å²) >= 11 is 1.29. The number of nitrogen functional groups attached to an aromatic ring is 1. The van der Waals surface area contributed by atoms with Gasteiger partial charge in [-0.15, -0.1) is 0 Å². The summed E-state index contributed by atoms with van der Waals surface area (Å²) < 4.78 is 1.86. The number of aromatic nitrogens is 3. The van der Waals surface area contributed by atoms with Crippen LogP contribution in [0.2, 0.25) is 0 Å². The number of nitrogens with zero attached hydrogens (tertiary/aromatic N) is 3. The normalized spacial score (nSPS) is 14.2. The summed E-state index contributed by atoms with van der Waals surface area (Å²) in [5.74, 6) is 0.847. The highest BCUT2D eigenvalue weighted by molar-refractivity contribution is 7.18. The number of hydrogen-bond acceptors (Lipinski definition) is 6. The van der Waals surface area contributed by atoms with Crippen molar-refractivity contribution in [2.24, 2.45) is 7.05 Å². The molecule has 1 aliphatic carbocycles. The molecule has 3 rings (SSSR count). The van der Waals surface area contributed by atoms with E-state index in [9.17, 15) is 4.79 Å². The first kappa shape index (κ1) is 12.9. The molecule has 0 aliphatic heterocycles. The molecule has 20 heavy (non-hydrogen) atoms. The monoisotopic (exact) mass is 292 g/mol. The van der Waals surface area contributed by atoms with Crippen LogP contribution in [0.1, 0.15) is 28.3 Å². The van der Waals surface area contributed by atoms with Crippen LogP contribution in [0.25, 0.3) is 0 Å². The Morgan fingerprint density at radius 1 is 1.60 bits per heavy atom. The highest BCUT2D eigenvalue weighted by Gasteiger charge is 2.24. The van der Waals surface area contributed by atoms with Crippen molar-refractivity contribution in [3.05, 3.63) is 23.1 Å². The number of amides is 1. The van der Waals surface area contributed by atoms with E-state index < -0.39 is 0 Å². The maximum atomic E-state index is 12.1. The minimum Gasteiger partial charge on any atom is -0.382 e. The lowest BCUT2D eigenvalue weighted by Crippen LogP contribution is -2.24. The van der Waals surface area contributed by atoms with Gasteiger partial charge in [-0.1, -0.05) is 11.3 Å². The van der Waals surface area contributed by atoms with E-state index >= 15 is 0 Å². The van der Waals surface area contributed by atoms with Crippen LogP contribution >= 0.6 is 11.3 Å². The fourth-order valence-corrected chi connectivity index (χ4v) is 2.64. The number of hydrogen-bond donors (Lipinski definition) is 3. The maximum Gasteiger partial charge on any atom is 0.265 e. The first-order chi connectivity index (χ1) is 9.63. The zero-order chi connectivity index (χ0) is 14.1. The topological polar surface area (TPSA) is 97.9 Å². The third-order valence-corrected chi connectivity index (χ3v) is 4.09. The van der Waals surface area contributed by atoms with Gasteiger partial charge >= 0.3 is 0 Å². The van der Waals surface area contributed by atoms with Crippen LogP contribution in [0.3, 0.4) is 0 Å². The molecule has 0 bridgehead atoms. The van der Waals surface area contributed by atoms with Gasteiger partial charge in [0.15, 0.2) is 5.13 Å². The lowest BCUT2D eigenvalue weighted by Gasteiger charge is -2.03. The first-order valence-electron chi connectivity index (χ1n) is 6.40. The SMILES string of the molecule is Cn1ccnc1CNC(=O)c1sc(NC2CC2)nc1N. The predicted octanol–water partition coefficient (Wildman–Crippen LogP) is 0.963. The largest absolute Gasteiger partial charge is 0.382 e. The Labute approximate surface area is 120 Å². The van der Waals surface area contributed by atoms with Gasteiger partial charge in [-0.3, -0.25) is 4.79 Å². The van der Waals surface area contributed by atoms with Crippen LogP contribution in [-0.4, -0.2) is 26.5 Å². The smallest absolute Gasteiger partial charge is 0.265 e. The van der Waals surface area contributed by atoms with Gasteiger partial charge in [-0.25, -0.2) is 9.97 Å². The molecule has 1 amide bonds. The first-order valence-corrected chi connectivity index (χ1v) is 7.22. The van der Waals surface area contributed by atoms with E-state index in [1.54, 1.807) is 6.20 Å². The molecule has 2 aromatic heterocycles. The second-order valence-corrected chi connectivity index (χ2v) is 5.79. The number of nitrogens with two attached hydrogens (primary N) is 1. The molecule has 0 unspecified atom stereocenters. The molecule has 0 aromatic carbocycles. The number of carbonyl (C=O) groups excluding carboxylic acids is 1. The van der Waals surface area contributed by atoms with Crippen molar-refractivity contribution in [2.75, 3.05) is 11.1 Å². The summed E-state index contributed by atoms with van der Waals surface area (Å²) in [4.78, 5) is 20.9. The number of rotatable bonds is 5. The number of anilines is 2. The number of carbonyl (C=O) groups is 1. The third-order valence-electron chi connectivity index (χ3n) is 3.09. The van der Waals surface area contributed by atoms with Crippen LogP contribution in [0, 0.1) is 0 Å². The molecule has 0 saturated heterocycles. The molecule has 106 valence electrons. The van der Waals surface area contributed by atoms with Gasteiger partial charge in [-0.05, 0) is 12.8 Å². The second-order valence-electron chi connectivity index (χ2n) is 4.79.